The molecule has 0 aromatic carbocycles. The molecule has 0 radical (unpaired) electrons. The lowest BCUT2D eigenvalue weighted by Gasteiger charge is -2.23. The predicted molar refractivity (Wildman–Crippen MR) is 86.5 cm³/mol. The van der Waals surface area contributed by atoms with Crippen LogP contribution in [0.1, 0.15) is 49.0 Å². The quantitative estimate of drug-likeness (QED) is 0.750. The molecule has 0 spiro atoms. The molecule has 1 saturated heterocycles. The zero-order chi connectivity index (χ0) is 15.2. The Balaban J connectivity index is 2.05. The van der Waals surface area contributed by atoms with E-state index in [1.54, 1.807) is 11.3 Å². The van der Waals surface area contributed by atoms with E-state index in [0.717, 1.165) is 39.0 Å². The summed E-state index contributed by atoms with van der Waals surface area (Å²) in [5.41, 5.74) is 0. The number of thiophene rings is 1. The van der Waals surface area contributed by atoms with Gasteiger partial charge in [0.05, 0.1) is 6.04 Å². The van der Waals surface area contributed by atoms with Gasteiger partial charge in [0.1, 0.15) is 6.17 Å². The average Bonchev–Trinajstić information content (AvgIpc) is 3.01. The van der Waals surface area contributed by atoms with Gasteiger partial charge in [-0.2, -0.15) is 0 Å². The summed E-state index contributed by atoms with van der Waals surface area (Å²) in [6.07, 6.45) is 2.85. The maximum atomic E-state index is 12.6. The van der Waals surface area contributed by atoms with E-state index in [9.17, 15) is 4.79 Å². The van der Waals surface area contributed by atoms with Crippen LogP contribution >= 0.6 is 11.3 Å². The van der Waals surface area contributed by atoms with Gasteiger partial charge in [0.2, 0.25) is 5.91 Å². The van der Waals surface area contributed by atoms with E-state index in [1.807, 2.05) is 11.8 Å². The summed E-state index contributed by atoms with van der Waals surface area (Å²) in [4.78, 5) is 17.1. The first-order valence-corrected chi connectivity index (χ1v) is 8.69. The van der Waals surface area contributed by atoms with Crippen molar-refractivity contribution in [1.82, 2.24) is 10.2 Å². The van der Waals surface area contributed by atoms with Crippen molar-refractivity contribution in [3.05, 3.63) is 21.9 Å². The van der Waals surface area contributed by atoms with Crippen molar-refractivity contribution in [2.24, 2.45) is 0 Å². The van der Waals surface area contributed by atoms with Crippen LogP contribution in [0.15, 0.2) is 12.1 Å². The summed E-state index contributed by atoms with van der Waals surface area (Å²) < 4.78 is 5.39. The number of carbonyl (C=O) groups is 1. The minimum Gasteiger partial charge on any atom is -0.382 e. The molecule has 1 N–H and O–H groups in total. The van der Waals surface area contributed by atoms with Crippen LogP contribution in [-0.2, 0) is 9.53 Å². The molecule has 2 unspecified atom stereocenters. The molecular formula is C16H26N2O2S. The highest BCUT2D eigenvalue weighted by atomic mass is 32.1. The minimum absolute atomic E-state index is 0.0329. The predicted octanol–water partition coefficient (Wildman–Crippen LogP) is 3.08. The fourth-order valence-electron chi connectivity index (χ4n) is 2.73. The highest BCUT2D eigenvalue weighted by Crippen LogP contribution is 2.31. The smallest absolute Gasteiger partial charge is 0.241 e. The van der Waals surface area contributed by atoms with Gasteiger partial charge in [-0.3, -0.25) is 10.1 Å². The van der Waals surface area contributed by atoms with Crippen LogP contribution in [0.5, 0.6) is 0 Å². The zero-order valence-corrected chi connectivity index (χ0v) is 14.0. The molecule has 1 aromatic heterocycles. The number of nitrogens with one attached hydrogen (secondary N) is 1. The number of ether oxygens (including phenoxy) is 1. The summed E-state index contributed by atoms with van der Waals surface area (Å²) in [7, 11) is 0. The minimum atomic E-state index is -0.0329. The van der Waals surface area contributed by atoms with Gasteiger partial charge in [0.25, 0.3) is 0 Å². The molecule has 118 valence electrons. The van der Waals surface area contributed by atoms with Crippen molar-refractivity contribution in [1.29, 1.82) is 0 Å². The zero-order valence-electron chi connectivity index (χ0n) is 13.2. The highest BCUT2D eigenvalue weighted by molar-refractivity contribution is 7.12. The molecule has 1 fully saturated rings. The lowest BCUT2D eigenvalue weighted by molar-refractivity contribution is -0.130. The standard InChI is InChI=1S/C16H26N2O2S/c1-4-7-13-16(19)18(10-6-11-20-5-2)15(17-13)14-9-8-12(3)21-14/h8-9,13,15,17H,4-7,10-11H2,1-3H3. The molecule has 21 heavy (non-hydrogen) atoms. The molecule has 5 heteroatoms. The van der Waals surface area contributed by atoms with E-state index < -0.39 is 0 Å². The third-order valence-corrected chi connectivity index (χ3v) is 4.80. The number of aryl methyl sites for hydroxylation is 1. The van der Waals surface area contributed by atoms with Crippen molar-refractivity contribution in [2.45, 2.75) is 52.2 Å². The summed E-state index contributed by atoms with van der Waals surface area (Å²) in [6, 6.07) is 4.22. The molecule has 1 aromatic rings. The molecular weight excluding hydrogens is 284 g/mol. The fraction of sp³-hybridized carbons (Fsp3) is 0.688. The summed E-state index contributed by atoms with van der Waals surface area (Å²) >= 11 is 1.77. The van der Waals surface area contributed by atoms with Crippen LogP contribution in [0.2, 0.25) is 0 Å². The summed E-state index contributed by atoms with van der Waals surface area (Å²) in [5, 5.41) is 3.51. The molecule has 0 saturated carbocycles. The molecule has 2 rings (SSSR count). The first-order valence-electron chi connectivity index (χ1n) is 7.88. The Bertz CT molecular complexity index is 461. The largest absolute Gasteiger partial charge is 0.382 e. The van der Waals surface area contributed by atoms with Gasteiger partial charge in [-0.05, 0) is 38.8 Å². The highest BCUT2D eigenvalue weighted by Gasteiger charge is 2.39. The molecule has 0 bridgehead atoms. The Labute approximate surface area is 131 Å². The van der Waals surface area contributed by atoms with Crippen LogP contribution in [0, 0.1) is 6.92 Å². The third kappa shape index (κ3) is 4.05. The van der Waals surface area contributed by atoms with E-state index in [0.29, 0.717) is 0 Å². The van der Waals surface area contributed by atoms with E-state index in [1.165, 1.54) is 9.75 Å². The van der Waals surface area contributed by atoms with E-state index >= 15 is 0 Å². The second-order valence-corrected chi connectivity index (χ2v) is 6.76. The van der Waals surface area contributed by atoms with E-state index in [-0.39, 0.29) is 18.1 Å². The Hall–Kier alpha value is -0.910. The second kappa shape index (κ2) is 7.92. The topological polar surface area (TPSA) is 41.6 Å². The van der Waals surface area contributed by atoms with Crippen LogP contribution in [0.3, 0.4) is 0 Å². The number of rotatable bonds is 8. The molecule has 2 heterocycles. The monoisotopic (exact) mass is 310 g/mol. The van der Waals surface area contributed by atoms with Gasteiger partial charge in [-0.15, -0.1) is 11.3 Å². The maximum absolute atomic E-state index is 12.6. The number of nitrogens with zero attached hydrogens (tertiary/aromatic N) is 1. The molecule has 1 aliphatic rings. The van der Waals surface area contributed by atoms with Gasteiger partial charge in [-0.1, -0.05) is 13.3 Å². The van der Waals surface area contributed by atoms with Crippen molar-refractivity contribution in [2.75, 3.05) is 19.8 Å². The van der Waals surface area contributed by atoms with Crippen molar-refractivity contribution >= 4 is 17.2 Å². The molecule has 1 amide bonds. The normalized spacial score (nSPS) is 22.2. The van der Waals surface area contributed by atoms with Crippen molar-refractivity contribution in [3.8, 4) is 0 Å². The summed E-state index contributed by atoms with van der Waals surface area (Å²) in [6.45, 7) is 8.43. The fourth-order valence-corrected chi connectivity index (χ4v) is 3.68. The van der Waals surface area contributed by atoms with E-state index in [2.05, 4.69) is 31.3 Å². The Morgan fingerprint density at radius 3 is 2.81 bits per heavy atom. The van der Waals surface area contributed by atoms with Crippen LogP contribution in [-0.4, -0.2) is 36.6 Å². The van der Waals surface area contributed by atoms with Gasteiger partial charge in [0, 0.05) is 29.5 Å². The third-order valence-electron chi connectivity index (χ3n) is 3.75. The number of amides is 1. The molecule has 2 atom stereocenters. The Kier molecular flexibility index (Phi) is 6.21. The number of carbonyl (C=O) groups excluding carboxylic acids is 1. The van der Waals surface area contributed by atoms with Gasteiger partial charge >= 0.3 is 0 Å². The Morgan fingerprint density at radius 2 is 2.19 bits per heavy atom. The lowest BCUT2D eigenvalue weighted by Crippen LogP contribution is -2.32. The van der Waals surface area contributed by atoms with Gasteiger partial charge in [-0.25, -0.2) is 0 Å². The molecule has 4 nitrogen and oxygen atoms in total. The van der Waals surface area contributed by atoms with Crippen LogP contribution in [0.25, 0.3) is 0 Å². The number of hydrogen-bond donors (Lipinski definition) is 1. The molecule has 0 aliphatic carbocycles. The van der Waals surface area contributed by atoms with E-state index in [4.69, 9.17) is 4.74 Å². The van der Waals surface area contributed by atoms with Crippen LogP contribution in [0.4, 0.5) is 0 Å². The maximum Gasteiger partial charge on any atom is 0.241 e. The summed E-state index contributed by atoms with van der Waals surface area (Å²) in [5.74, 6) is 0.240. The average molecular weight is 310 g/mol. The van der Waals surface area contributed by atoms with Gasteiger partial charge < -0.3 is 9.64 Å². The first kappa shape index (κ1) is 16.5. The van der Waals surface area contributed by atoms with Gasteiger partial charge in [0.15, 0.2) is 0 Å². The Morgan fingerprint density at radius 1 is 1.38 bits per heavy atom. The number of hydrogen-bond acceptors (Lipinski definition) is 4. The van der Waals surface area contributed by atoms with Crippen molar-refractivity contribution < 1.29 is 9.53 Å². The molecule has 1 aliphatic heterocycles. The van der Waals surface area contributed by atoms with Crippen molar-refractivity contribution in [3.63, 3.8) is 0 Å². The lowest BCUT2D eigenvalue weighted by atomic mass is 10.2. The second-order valence-electron chi connectivity index (χ2n) is 5.44. The van der Waals surface area contributed by atoms with Crippen LogP contribution < -0.4 is 5.32 Å². The first-order chi connectivity index (χ1) is 10.2. The SMILES string of the molecule is CCCC1NC(c2ccc(C)s2)N(CCCOCC)C1=O.